The number of aromatic amines is 1. The second kappa shape index (κ2) is 9.03. The molecule has 3 aromatic rings. The molecule has 1 N–H and O–H groups in total. The van der Waals surface area contributed by atoms with Crippen LogP contribution >= 0.6 is 0 Å². The molecule has 2 aliphatic rings. The molecular weight excluding hydrogens is 431 g/mol. The number of benzene rings is 2. The van der Waals surface area contributed by atoms with Crippen LogP contribution < -0.4 is 0 Å². The van der Waals surface area contributed by atoms with Gasteiger partial charge in [0.1, 0.15) is 17.7 Å². The van der Waals surface area contributed by atoms with Crippen LogP contribution in [0.2, 0.25) is 0 Å². The predicted octanol–water partition coefficient (Wildman–Crippen LogP) is 4.80. The first-order valence-corrected chi connectivity index (χ1v) is 11.7. The summed E-state index contributed by atoms with van der Waals surface area (Å²) in [7, 11) is 0. The van der Waals surface area contributed by atoms with Gasteiger partial charge in [0.05, 0.1) is 30.2 Å². The fourth-order valence-electron chi connectivity index (χ4n) is 5.14. The first kappa shape index (κ1) is 22.3. The molecule has 0 bridgehead atoms. The minimum absolute atomic E-state index is 0.00315. The molecule has 1 aromatic heterocycles. The lowest BCUT2D eigenvalue weighted by Gasteiger charge is -2.33. The number of nitrogens with zero attached hydrogens (tertiary/aromatic N) is 3. The van der Waals surface area contributed by atoms with Gasteiger partial charge in [0.2, 0.25) is 0 Å². The molecule has 0 aliphatic carbocycles. The van der Waals surface area contributed by atoms with Crippen LogP contribution in [0.15, 0.2) is 30.3 Å². The van der Waals surface area contributed by atoms with Gasteiger partial charge in [0.25, 0.3) is 5.91 Å². The van der Waals surface area contributed by atoms with Crippen molar-refractivity contribution in [2.24, 2.45) is 0 Å². The van der Waals surface area contributed by atoms with E-state index in [2.05, 4.69) is 4.98 Å². The van der Waals surface area contributed by atoms with Crippen LogP contribution in [0.5, 0.6) is 0 Å². The smallest absolute Gasteiger partial charge is 0.254 e. The van der Waals surface area contributed by atoms with Crippen molar-refractivity contribution in [1.29, 1.82) is 5.26 Å². The summed E-state index contributed by atoms with van der Waals surface area (Å²) in [6.45, 7) is 6.34. The number of H-pyrrole nitrogens is 1. The molecule has 0 spiro atoms. The van der Waals surface area contributed by atoms with Gasteiger partial charge in [-0.25, -0.2) is 9.37 Å². The minimum Gasteiger partial charge on any atom is -0.375 e. The Morgan fingerprint density at radius 1 is 1.24 bits per heavy atom. The lowest BCUT2D eigenvalue weighted by atomic mass is 9.86. The van der Waals surface area contributed by atoms with Gasteiger partial charge in [-0.3, -0.25) is 4.79 Å². The fraction of sp³-hybridized carbons (Fsp3) is 0.370. The molecule has 1 saturated heterocycles. The third-order valence-electron chi connectivity index (χ3n) is 7.03. The number of rotatable bonds is 3. The van der Waals surface area contributed by atoms with Crippen molar-refractivity contribution in [3.05, 3.63) is 75.4 Å². The Bertz CT molecular complexity index is 1280. The van der Waals surface area contributed by atoms with Crippen molar-refractivity contribution in [3.8, 4) is 17.5 Å². The molecule has 1 fully saturated rings. The molecule has 2 aliphatic heterocycles. The average molecular weight is 459 g/mol. The number of hydrogen-bond acceptors (Lipinski definition) is 4. The number of imidazole rings is 1. The van der Waals surface area contributed by atoms with E-state index >= 15 is 0 Å². The molecule has 0 unspecified atom stereocenters. The summed E-state index contributed by atoms with van der Waals surface area (Å²) in [6.07, 6.45) is 2.19. The highest BCUT2D eigenvalue weighted by Crippen LogP contribution is 2.33. The maximum Gasteiger partial charge on any atom is 0.254 e. The van der Waals surface area contributed by atoms with Gasteiger partial charge >= 0.3 is 0 Å². The molecule has 0 saturated carbocycles. The lowest BCUT2D eigenvalue weighted by molar-refractivity contribution is 0.0712. The SMILES string of the molecule is Cc1cc(C)c(-c2nc3c([nH]2)COCC3)cc1C(=O)N1CCC(c2cccc(F)c2C#N)CC1. The third-order valence-corrected chi connectivity index (χ3v) is 7.03. The van der Waals surface area contributed by atoms with Crippen molar-refractivity contribution >= 4 is 5.91 Å². The second-order valence-electron chi connectivity index (χ2n) is 9.18. The van der Waals surface area contributed by atoms with E-state index in [1.54, 1.807) is 6.07 Å². The highest BCUT2D eigenvalue weighted by Gasteiger charge is 2.28. The van der Waals surface area contributed by atoms with Crippen molar-refractivity contribution < 1.29 is 13.9 Å². The first-order chi connectivity index (χ1) is 16.5. The van der Waals surface area contributed by atoms with E-state index in [9.17, 15) is 14.4 Å². The van der Waals surface area contributed by atoms with Crippen LogP contribution in [0.25, 0.3) is 11.4 Å². The Kier molecular flexibility index (Phi) is 5.93. The summed E-state index contributed by atoms with van der Waals surface area (Å²) in [6, 6.07) is 10.8. The molecule has 1 amide bonds. The van der Waals surface area contributed by atoms with E-state index in [0.29, 0.717) is 44.7 Å². The van der Waals surface area contributed by atoms with Gasteiger partial charge in [-0.05, 0) is 61.4 Å². The van der Waals surface area contributed by atoms with Crippen LogP contribution in [0, 0.1) is 31.0 Å². The largest absolute Gasteiger partial charge is 0.375 e. The number of fused-ring (bicyclic) bond motifs is 1. The number of piperidine rings is 1. The van der Waals surface area contributed by atoms with Crippen LogP contribution in [0.1, 0.15) is 62.8 Å². The van der Waals surface area contributed by atoms with Gasteiger partial charge in [-0.15, -0.1) is 0 Å². The van der Waals surface area contributed by atoms with Gasteiger partial charge < -0.3 is 14.6 Å². The number of hydrogen-bond donors (Lipinski definition) is 1. The second-order valence-corrected chi connectivity index (χ2v) is 9.18. The number of likely N-dealkylation sites (tertiary alicyclic amines) is 1. The molecule has 5 rings (SSSR count). The third kappa shape index (κ3) is 3.99. The van der Waals surface area contributed by atoms with E-state index in [0.717, 1.165) is 45.9 Å². The van der Waals surface area contributed by atoms with Gasteiger partial charge in [-0.2, -0.15) is 5.26 Å². The summed E-state index contributed by atoms with van der Waals surface area (Å²) >= 11 is 0. The van der Waals surface area contributed by atoms with E-state index < -0.39 is 5.82 Å². The number of aromatic nitrogens is 2. The Hall–Kier alpha value is -3.50. The molecule has 7 heteroatoms. The minimum atomic E-state index is -0.479. The number of ether oxygens (including phenoxy) is 1. The number of nitrogens with one attached hydrogen (secondary N) is 1. The standard InChI is InChI=1S/C27H27FN4O2/c1-16-12-17(2)21(13-20(16)26-30-24-8-11-34-15-25(24)31-26)27(33)32-9-6-18(7-10-32)19-4-3-5-23(28)22(19)14-29/h3-5,12-13,18H,6-11,15H2,1-2H3,(H,30,31). The van der Waals surface area contributed by atoms with Crippen LogP contribution in [0.4, 0.5) is 4.39 Å². The number of nitriles is 1. The van der Waals surface area contributed by atoms with Gasteiger partial charge in [0, 0.05) is 30.6 Å². The maximum absolute atomic E-state index is 14.1. The predicted molar refractivity (Wildman–Crippen MR) is 126 cm³/mol. The monoisotopic (exact) mass is 458 g/mol. The van der Waals surface area contributed by atoms with E-state index in [-0.39, 0.29) is 17.4 Å². The topological polar surface area (TPSA) is 82.0 Å². The fourth-order valence-corrected chi connectivity index (χ4v) is 5.14. The van der Waals surface area contributed by atoms with Crippen LogP contribution in [-0.4, -0.2) is 40.5 Å². The molecular formula is C27H27FN4O2. The number of halogens is 1. The zero-order chi connectivity index (χ0) is 23.8. The Balaban J connectivity index is 1.37. The maximum atomic E-state index is 14.1. The Labute approximate surface area is 198 Å². The Morgan fingerprint density at radius 2 is 2.03 bits per heavy atom. The van der Waals surface area contributed by atoms with E-state index in [4.69, 9.17) is 9.72 Å². The molecule has 3 heterocycles. The van der Waals surface area contributed by atoms with Crippen molar-refractivity contribution in [3.63, 3.8) is 0 Å². The molecule has 6 nitrogen and oxygen atoms in total. The molecule has 174 valence electrons. The average Bonchev–Trinajstić information content (AvgIpc) is 3.27. The summed E-state index contributed by atoms with van der Waals surface area (Å²) in [4.78, 5) is 23.5. The van der Waals surface area contributed by atoms with Gasteiger partial charge in [-0.1, -0.05) is 18.2 Å². The van der Waals surface area contributed by atoms with Crippen molar-refractivity contribution in [2.45, 2.75) is 45.6 Å². The molecule has 0 radical (unpaired) electrons. The Morgan fingerprint density at radius 3 is 2.76 bits per heavy atom. The number of carbonyl (C=O) groups excluding carboxylic acids is 1. The van der Waals surface area contributed by atoms with Crippen LogP contribution in [-0.2, 0) is 17.8 Å². The summed E-state index contributed by atoms with van der Waals surface area (Å²) in [5.74, 6) is 0.362. The first-order valence-electron chi connectivity index (χ1n) is 11.7. The zero-order valence-electron chi connectivity index (χ0n) is 19.4. The number of carbonyl (C=O) groups is 1. The normalized spacial score (nSPS) is 16.2. The molecule has 2 aromatic carbocycles. The number of aryl methyl sites for hydroxylation is 2. The number of amides is 1. The van der Waals surface area contributed by atoms with E-state index in [1.165, 1.54) is 6.07 Å². The summed E-state index contributed by atoms with van der Waals surface area (Å²) in [5.41, 5.74) is 6.51. The highest BCUT2D eigenvalue weighted by atomic mass is 19.1. The molecule has 34 heavy (non-hydrogen) atoms. The summed E-state index contributed by atoms with van der Waals surface area (Å²) < 4.78 is 19.6. The van der Waals surface area contributed by atoms with Gasteiger partial charge in [0.15, 0.2) is 0 Å². The zero-order valence-corrected chi connectivity index (χ0v) is 19.4. The van der Waals surface area contributed by atoms with Crippen molar-refractivity contribution in [1.82, 2.24) is 14.9 Å². The lowest BCUT2D eigenvalue weighted by Crippen LogP contribution is -2.38. The quantitative estimate of drug-likeness (QED) is 0.611. The van der Waals surface area contributed by atoms with Crippen LogP contribution in [0.3, 0.4) is 0 Å². The van der Waals surface area contributed by atoms with E-state index in [1.807, 2.05) is 43.0 Å². The van der Waals surface area contributed by atoms with Crippen molar-refractivity contribution in [2.75, 3.05) is 19.7 Å². The molecule has 0 atom stereocenters. The highest BCUT2D eigenvalue weighted by molar-refractivity contribution is 5.97. The summed E-state index contributed by atoms with van der Waals surface area (Å²) in [5, 5.41) is 9.38.